The van der Waals surface area contributed by atoms with E-state index in [-0.39, 0.29) is 24.1 Å². The van der Waals surface area contributed by atoms with Gasteiger partial charge in [-0.2, -0.15) is 4.31 Å². The Kier molecular flexibility index (Phi) is 4.64. The third-order valence-electron chi connectivity index (χ3n) is 3.85. The summed E-state index contributed by atoms with van der Waals surface area (Å²) in [5.74, 6) is 0.0304. The number of carbonyl (C=O) groups is 2. The predicted molar refractivity (Wildman–Crippen MR) is 73.4 cm³/mol. The number of nitrogens with zero attached hydrogens (tertiary/aromatic N) is 3. The highest BCUT2D eigenvalue weighted by molar-refractivity contribution is 7.89. The van der Waals surface area contributed by atoms with Crippen molar-refractivity contribution in [3.8, 4) is 0 Å². The molecule has 0 aromatic rings. The minimum absolute atomic E-state index is 0.0329. The van der Waals surface area contributed by atoms with Crippen molar-refractivity contribution in [2.24, 2.45) is 0 Å². The summed E-state index contributed by atoms with van der Waals surface area (Å²) in [4.78, 5) is 26.8. The van der Waals surface area contributed by atoms with E-state index in [0.29, 0.717) is 39.1 Å². The molecule has 2 amide bonds. The number of piperazine rings is 1. The normalized spacial score (nSPS) is 21.6. The van der Waals surface area contributed by atoms with Crippen molar-refractivity contribution in [2.45, 2.75) is 19.8 Å². The first-order valence-electron chi connectivity index (χ1n) is 6.97. The fraction of sp³-hybridized carbons (Fsp3) is 0.833. The van der Waals surface area contributed by atoms with Crippen LogP contribution in [-0.2, 0) is 19.6 Å². The molecular formula is C12H21N3O4S. The van der Waals surface area contributed by atoms with Gasteiger partial charge in [0, 0.05) is 39.1 Å². The van der Waals surface area contributed by atoms with E-state index < -0.39 is 10.0 Å². The van der Waals surface area contributed by atoms with E-state index in [1.165, 1.54) is 4.31 Å². The van der Waals surface area contributed by atoms with E-state index in [4.69, 9.17) is 0 Å². The largest absolute Gasteiger partial charge is 0.339 e. The third kappa shape index (κ3) is 3.29. The molecule has 2 fully saturated rings. The first-order chi connectivity index (χ1) is 9.44. The van der Waals surface area contributed by atoms with Crippen molar-refractivity contribution in [1.82, 2.24) is 14.1 Å². The molecule has 0 N–H and O–H groups in total. The fourth-order valence-electron chi connectivity index (χ4n) is 2.53. The van der Waals surface area contributed by atoms with Crippen molar-refractivity contribution in [3.63, 3.8) is 0 Å². The van der Waals surface area contributed by atoms with Crippen LogP contribution in [0.4, 0.5) is 0 Å². The molecular weight excluding hydrogens is 282 g/mol. The lowest BCUT2D eigenvalue weighted by Gasteiger charge is -2.34. The number of rotatable bonds is 4. The summed E-state index contributed by atoms with van der Waals surface area (Å²) in [6, 6.07) is 0. The molecule has 0 bridgehead atoms. The minimum Gasteiger partial charge on any atom is -0.339 e. The van der Waals surface area contributed by atoms with Gasteiger partial charge in [-0.05, 0) is 13.3 Å². The number of carbonyl (C=O) groups excluding carboxylic acids is 2. The summed E-state index contributed by atoms with van der Waals surface area (Å²) < 4.78 is 24.9. The summed E-state index contributed by atoms with van der Waals surface area (Å²) in [5, 5.41) is 0. The van der Waals surface area contributed by atoms with Gasteiger partial charge in [0.2, 0.25) is 21.8 Å². The van der Waals surface area contributed by atoms with E-state index in [0.717, 1.165) is 6.42 Å². The van der Waals surface area contributed by atoms with Crippen molar-refractivity contribution in [3.05, 3.63) is 0 Å². The van der Waals surface area contributed by atoms with Crippen LogP contribution in [0.25, 0.3) is 0 Å². The Labute approximate surface area is 119 Å². The van der Waals surface area contributed by atoms with Gasteiger partial charge >= 0.3 is 0 Å². The fourth-order valence-corrected chi connectivity index (χ4v) is 3.62. The molecule has 7 nitrogen and oxygen atoms in total. The summed E-state index contributed by atoms with van der Waals surface area (Å²) in [7, 11) is -3.17. The molecule has 2 aliphatic rings. The molecule has 0 atom stereocenters. The molecule has 0 radical (unpaired) electrons. The van der Waals surface area contributed by atoms with Gasteiger partial charge in [0.1, 0.15) is 0 Å². The highest BCUT2D eigenvalue weighted by Crippen LogP contribution is 2.12. The second-order valence-corrected chi connectivity index (χ2v) is 7.36. The number of amides is 2. The van der Waals surface area contributed by atoms with Crippen molar-refractivity contribution in [2.75, 3.05) is 45.0 Å². The van der Waals surface area contributed by atoms with Gasteiger partial charge in [0.15, 0.2) is 0 Å². The van der Waals surface area contributed by atoms with Crippen LogP contribution >= 0.6 is 0 Å². The Morgan fingerprint density at radius 3 is 2.30 bits per heavy atom. The standard InChI is InChI=1S/C12H21N3O4S/c1-2-20(18,19)15-8-6-13(7-9-15)12(17)10-14-5-3-4-11(14)16/h2-10H2,1H3. The number of hydrogen-bond donors (Lipinski definition) is 0. The Bertz CT molecular complexity index is 483. The van der Waals surface area contributed by atoms with E-state index in [1.807, 2.05) is 0 Å². The van der Waals surface area contributed by atoms with Crippen LogP contribution in [0.5, 0.6) is 0 Å². The molecule has 2 aliphatic heterocycles. The molecule has 0 unspecified atom stereocenters. The first-order valence-corrected chi connectivity index (χ1v) is 8.58. The minimum atomic E-state index is -3.17. The average Bonchev–Trinajstić information content (AvgIpc) is 2.84. The van der Waals surface area contributed by atoms with Gasteiger partial charge in [-0.25, -0.2) is 8.42 Å². The van der Waals surface area contributed by atoms with Crippen LogP contribution < -0.4 is 0 Å². The maximum atomic E-state index is 12.1. The molecule has 0 aromatic carbocycles. The van der Waals surface area contributed by atoms with Crippen molar-refractivity contribution < 1.29 is 18.0 Å². The molecule has 2 saturated heterocycles. The first kappa shape index (κ1) is 15.2. The zero-order chi connectivity index (χ0) is 14.8. The molecule has 8 heteroatoms. The van der Waals surface area contributed by atoms with E-state index >= 15 is 0 Å². The Hall–Kier alpha value is -1.15. The summed E-state index contributed by atoms with van der Waals surface area (Å²) in [6.45, 7) is 3.88. The van der Waals surface area contributed by atoms with Crippen LogP contribution in [-0.4, -0.2) is 79.4 Å². The Morgan fingerprint density at radius 1 is 1.15 bits per heavy atom. The Balaban J connectivity index is 1.84. The predicted octanol–water partition coefficient (Wildman–Crippen LogP) is -0.897. The number of sulfonamides is 1. The van der Waals surface area contributed by atoms with Crippen molar-refractivity contribution >= 4 is 21.8 Å². The number of likely N-dealkylation sites (tertiary alicyclic amines) is 1. The second kappa shape index (κ2) is 6.09. The van der Waals surface area contributed by atoms with Gasteiger partial charge in [0.25, 0.3) is 0 Å². The zero-order valence-electron chi connectivity index (χ0n) is 11.7. The molecule has 20 heavy (non-hydrogen) atoms. The summed E-state index contributed by atoms with van der Waals surface area (Å²) in [6.07, 6.45) is 1.34. The van der Waals surface area contributed by atoms with E-state index in [2.05, 4.69) is 0 Å². The maximum absolute atomic E-state index is 12.1. The van der Waals surface area contributed by atoms with Gasteiger partial charge in [-0.3, -0.25) is 9.59 Å². The van der Waals surface area contributed by atoms with Crippen molar-refractivity contribution in [1.29, 1.82) is 0 Å². The monoisotopic (exact) mass is 303 g/mol. The molecule has 114 valence electrons. The van der Waals surface area contributed by atoms with Crippen LogP contribution in [0.3, 0.4) is 0 Å². The maximum Gasteiger partial charge on any atom is 0.242 e. The quantitative estimate of drug-likeness (QED) is 0.674. The smallest absolute Gasteiger partial charge is 0.242 e. The van der Waals surface area contributed by atoms with E-state index in [9.17, 15) is 18.0 Å². The zero-order valence-corrected chi connectivity index (χ0v) is 12.6. The lowest BCUT2D eigenvalue weighted by atomic mass is 10.3. The lowest BCUT2D eigenvalue weighted by Crippen LogP contribution is -2.52. The average molecular weight is 303 g/mol. The van der Waals surface area contributed by atoms with Gasteiger partial charge < -0.3 is 9.80 Å². The van der Waals surface area contributed by atoms with Gasteiger partial charge in [0.05, 0.1) is 12.3 Å². The highest BCUT2D eigenvalue weighted by Gasteiger charge is 2.29. The second-order valence-electron chi connectivity index (χ2n) is 5.10. The van der Waals surface area contributed by atoms with Crippen LogP contribution in [0.1, 0.15) is 19.8 Å². The van der Waals surface area contributed by atoms with Crippen LogP contribution in [0, 0.1) is 0 Å². The van der Waals surface area contributed by atoms with Gasteiger partial charge in [-0.15, -0.1) is 0 Å². The third-order valence-corrected chi connectivity index (χ3v) is 5.73. The van der Waals surface area contributed by atoms with Crippen LogP contribution in [0.2, 0.25) is 0 Å². The summed E-state index contributed by atoms with van der Waals surface area (Å²) in [5.41, 5.74) is 0. The SMILES string of the molecule is CCS(=O)(=O)N1CCN(C(=O)CN2CCCC2=O)CC1. The lowest BCUT2D eigenvalue weighted by molar-refractivity contribution is -0.139. The number of hydrogen-bond acceptors (Lipinski definition) is 4. The molecule has 0 aromatic heterocycles. The highest BCUT2D eigenvalue weighted by atomic mass is 32.2. The van der Waals surface area contributed by atoms with E-state index in [1.54, 1.807) is 16.7 Å². The molecule has 0 spiro atoms. The Morgan fingerprint density at radius 2 is 1.80 bits per heavy atom. The van der Waals surface area contributed by atoms with Gasteiger partial charge in [-0.1, -0.05) is 0 Å². The topological polar surface area (TPSA) is 78.0 Å². The summed E-state index contributed by atoms with van der Waals surface area (Å²) >= 11 is 0. The molecule has 0 aliphatic carbocycles. The molecule has 2 heterocycles. The molecule has 2 rings (SSSR count). The molecule has 0 saturated carbocycles. The van der Waals surface area contributed by atoms with Crippen LogP contribution in [0.15, 0.2) is 0 Å².